The van der Waals surface area contributed by atoms with Crippen LogP contribution in [-0.4, -0.2) is 11.3 Å². The number of H-pyrrole nitrogens is 1. The molecule has 0 atom stereocenters. The molecule has 0 aliphatic rings. The molecule has 0 aliphatic heterocycles. The van der Waals surface area contributed by atoms with E-state index in [1.165, 1.54) is 12.1 Å². The molecule has 0 amide bonds. The van der Waals surface area contributed by atoms with Gasteiger partial charge in [0.2, 0.25) is 5.75 Å². The number of nitrogens with one attached hydrogen (secondary N) is 1. The number of pyridine rings is 1. The van der Waals surface area contributed by atoms with Crippen molar-refractivity contribution in [3.8, 4) is 29.0 Å². The first kappa shape index (κ1) is 17.7. The van der Waals surface area contributed by atoms with E-state index < -0.39 is 57.4 Å². The summed E-state index contributed by atoms with van der Waals surface area (Å²) in [5, 5.41) is 18.1. The Morgan fingerprint density at radius 3 is 2.24 bits per heavy atom. The van der Waals surface area contributed by atoms with Crippen LogP contribution in [-0.2, 0) is 0 Å². The molecule has 0 bridgehead atoms. The first-order valence-electron chi connectivity index (χ1n) is 6.20. The number of hydrogen-bond donors (Lipinski definition) is 2. The monoisotopic (exact) mass is 356 g/mol. The lowest BCUT2D eigenvalue weighted by Gasteiger charge is -2.14. The fourth-order valence-corrected chi connectivity index (χ4v) is 2.05. The molecule has 0 saturated heterocycles. The fraction of sp³-hybridized carbons (Fsp3) is 0.0714. The van der Waals surface area contributed by atoms with Crippen molar-refractivity contribution in [2.75, 3.05) is 5.73 Å². The van der Waals surface area contributed by atoms with Gasteiger partial charge in [-0.1, -0.05) is 0 Å². The second-order valence-electron chi connectivity index (χ2n) is 4.50. The molecule has 0 spiro atoms. The summed E-state index contributed by atoms with van der Waals surface area (Å²) in [7, 11) is 0. The van der Waals surface area contributed by atoms with Crippen molar-refractivity contribution in [1.82, 2.24) is 4.98 Å². The van der Waals surface area contributed by atoms with Crippen LogP contribution in [0.5, 0.6) is 5.75 Å². The zero-order valence-electron chi connectivity index (χ0n) is 11.8. The van der Waals surface area contributed by atoms with Crippen LogP contribution >= 0.6 is 0 Å². The molecular formula is C14H5F5N4O2. The number of hydrogen-bond acceptors (Lipinski definition) is 5. The van der Waals surface area contributed by atoms with Crippen molar-refractivity contribution in [3.63, 3.8) is 0 Å². The number of benzene rings is 1. The maximum atomic E-state index is 14.4. The van der Waals surface area contributed by atoms with Crippen LogP contribution in [0.2, 0.25) is 0 Å². The maximum absolute atomic E-state index is 14.4. The summed E-state index contributed by atoms with van der Waals surface area (Å²) in [4.78, 5) is 13.7. The van der Waals surface area contributed by atoms with Gasteiger partial charge in [0, 0.05) is 11.1 Å². The number of rotatable bonds is 2. The Morgan fingerprint density at radius 2 is 1.72 bits per heavy atom. The summed E-state index contributed by atoms with van der Waals surface area (Å²) in [6.07, 6.45) is -5.40. The van der Waals surface area contributed by atoms with Gasteiger partial charge in [0.05, 0.1) is 0 Å². The van der Waals surface area contributed by atoms with Crippen LogP contribution < -0.4 is 16.0 Å². The first-order valence-corrected chi connectivity index (χ1v) is 6.20. The fourth-order valence-electron chi connectivity index (χ4n) is 2.05. The maximum Gasteiger partial charge on any atom is 0.573 e. The van der Waals surface area contributed by atoms with Crippen LogP contribution in [0.25, 0.3) is 11.1 Å². The van der Waals surface area contributed by atoms with Gasteiger partial charge < -0.3 is 15.5 Å². The van der Waals surface area contributed by atoms with Crippen LogP contribution in [0.4, 0.5) is 27.8 Å². The zero-order valence-corrected chi connectivity index (χ0v) is 11.8. The number of aromatic nitrogens is 1. The Balaban J connectivity index is 2.90. The van der Waals surface area contributed by atoms with Crippen molar-refractivity contribution in [1.29, 1.82) is 10.5 Å². The standard InChI is InChI=1S/C14H5F5N4O2/c15-8-2-1-5(10(16)11(8)25-14(17,18)19)9-6(3-20)12(22)23-13(24)7(9)4-21/h1-2H,(H3,22,23,24). The molecule has 3 N–H and O–H groups in total. The van der Waals surface area contributed by atoms with E-state index in [4.69, 9.17) is 16.3 Å². The third-order valence-corrected chi connectivity index (χ3v) is 3.00. The van der Waals surface area contributed by atoms with Crippen molar-refractivity contribution in [2.24, 2.45) is 0 Å². The van der Waals surface area contributed by atoms with Gasteiger partial charge in [-0.25, -0.2) is 8.78 Å². The third-order valence-electron chi connectivity index (χ3n) is 3.00. The molecule has 2 aromatic rings. The van der Waals surface area contributed by atoms with Gasteiger partial charge in [-0.15, -0.1) is 13.2 Å². The SMILES string of the molecule is N#Cc1c(N)[nH]c(=O)c(C#N)c1-c1ccc(F)c(OC(F)(F)F)c1F. The Hall–Kier alpha value is -3.60. The molecule has 2 rings (SSSR count). The Labute approximate surface area is 135 Å². The van der Waals surface area contributed by atoms with E-state index in [0.29, 0.717) is 12.1 Å². The van der Waals surface area contributed by atoms with Crippen LogP contribution in [0, 0.1) is 34.3 Å². The predicted octanol–water partition coefficient (Wildman–Crippen LogP) is 2.54. The highest BCUT2D eigenvalue weighted by Crippen LogP contribution is 2.37. The molecule has 25 heavy (non-hydrogen) atoms. The molecular weight excluding hydrogens is 351 g/mol. The predicted molar refractivity (Wildman–Crippen MR) is 72.9 cm³/mol. The lowest BCUT2D eigenvalue weighted by atomic mass is 9.96. The number of nitriles is 2. The van der Waals surface area contributed by atoms with Crippen molar-refractivity contribution in [2.45, 2.75) is 6.36 Å². The molecule has 0 fully saturated rings. The topological polar surface area (TPSA) is 116 Å². The van der Waals surface area contributed by atoms with Crippen molar-refractivity contribution < 1.29 is 26.7 Å². The third kappa shape index (κ3) is 3.21. The molecule has 0 aliphatic carbocycles. The number of nitrogens with two attached hydrogens (primary N) is 1. The molecule has 6 nitrogen and oxygen atoms in total. The summed E-state index contributed by atoms with van der Waals surface area (Å²) < 4.78 is 68.2. The normalized spacial score (nSPS) is 10.8. The lowest BCUT2D eigenvalue weighted by Crippen LogP contribution is -2.20. The van der Waals surface area contributed by atoms with E-state index in [0.717, 1.165) is 0 Å². The highest BCUT2D eigenvalue weighted by Gasteiger charge is 2.35. The molecule has 1 heterocycles. The van der Waals surface area contributed by atoms with Crippen LogP contribution in [0.1, 0.15) is 11.1 Å². The van der Waals surface area contributed by atoms with Gasteiger partial charge in [0.1, 0.15) is 29.1 Å². The van der Waals surface area contributed by atoms with Gasteiger partial charge >= 0.3 is 6.36 Å². The largest absolute Gasteiger partial charge is 0.573 e. The number of aromatic amines is 1. The van der Waals surface area contributed by atoms with Crippen molar-refractivity contribution >= 4 is 5.82 Å². The number of halogens is 5. The minimum Gasteiger partial charge on any atom is -0.399 e. The molecule has 0 radical (unpaired) electrons. The van der Waals surface area contributed by atoms with Gasteiger partial charge in [-0.05, 0) is 12.1 Å². The Bertz CT molecular complexity index is 999. The summed E-state index contributed by atoms with van der Waals surface area (Å²) in [5.41, 5.74) is 1.47. The number of ether oxygens (including phenoxy) is 1. The van der Waals surface area contributed by atoms with E-state index >= 15 is 0 Å². The van der Waals surface area contributed by atoms with Crippen LogP contribution in [0.15, 0.2) is 16.9 Å². The summed E-state index contributed by atoms with van der Waals surface area (Å²) in [5.74, 6) is -5.86. The smallest absolute Gasteiger partial charge is 0.399 e. The second-order valence-corrected chi connectivity index (χ2v) is 4.50. The van der Waals surface area contributed by atoms with Gasteiger partial charge in [-0.2, -0.15) is 10.5 Å². The molecule has 0 saturated carbocycles. The number of nitrogens with zero attached hydrogens (tertiary/aromatic N) is 2. The number of anilines is 1. The molecule has 1 aromatic heterocycles. The lowest BCUT2D eigenvalue weighted by molar-refractivity contribution is -0.276. The van der Waals surface area contributed by atoms with Gasteiger partial charge in [0.15, 0.2) is 11.6 Å². The molecule has 0 unspecified atom stereocenters. The van der Waals surface area contributed by atoms with Gasteiger partial charge in [0.25, 0.3) is 5.56 Å². The average molecular weight is 356 g/mol. The minimum absolute atomic E-state index is 0.430. The Kier molecular flexibility index (Phi) is 4.35. The van der Waals surface area contributed by atoms with E-state index in [1.807, 2.05) is 4.98 Å². The second kappa shape index (κ2) is 6.13. The zero-order chi connectivity index (χ0) is 18.9. The Morgan fingerprint density at radius 1 is 1.12 bits per heavy atom. The summed E-state index contributed by atoms with van der Waals surface area (Å²) in [6, 6.07) is 3.99. The van der Waals surface area contributed by atoms with E-state index in [-0.39, 0.29) is 0 Å². The van der Waals surface area contributed by atoms with Gasteiger partial charge in [-0.3, -0.25) is 4.79 Å². The summed E-state index contributed by atoms with van der Waals surface area (Å²) in [6.45, 7) is 0. The van der Waals surface area contributed by atoms with E-state index in [9.17, 15) is 26.7 Å². The minimum atomic E-state index is -5.40. The first-order chi connectivity index (χ1) is 11.6. The molecule has 11 heteroatoms. The van der Waals surface area contributed by atoms with E-state index in [2.05, 4.69) is 4.74 Å². The average Bonchev–Trinajstić information content (AvgIpc) is 2.50. The van der Waals surface area contributed by atoms with Crippen molar-refractivity contribution in [3.05, 3.63) is 45.2 Å². The summed E-state index contributed by atoms with van der Waals surface area (Å²) >= 11 is 0. The quantitative estimate of drug-likeness (QED) is 0.802. The molecule has 128 valence electrons. The van der Waals surface area contributed by atoms with Crippen LogP contribution in [0.3, 0.4) is 0 Å². The van der Waals surface area contributed by atoms with E-state index in [1.54, 1.807) is 0 Å². The number of nitrogen functional groups attached to an aromatic ring is 1. The highest BCUT2D eigenvalue weighted by atomic mass is 19.4. The highest BCUT2D eigenvalue weighted by molar-refractivity contribution is 5.81. The molecule has 1 aromatic carbocycles. The number of alkyl halides is 3.